The molecule has 0 aliphatic carbocycles. The molecule has 0 saturated carbocycles. The summed E-state index contributed by atoms with van der Waals surface area (Å²) in [6, 6.07) is 14.7. The number of piperidine rings is 1. The minimum atomic E-state index is -0.865. The number of hydrogen-bond donors (Lipinski definition) is 2. The summed E-state index contributed by atoms with van der Waals surface area (Å²) in [7, 11) is 1.80. The highest BCUT2D eigenvalue weighted by atomic mass is 19.1. The van der Waals surface area contributed by atoms with E-state index in [0.717, 1.165) is 36.3 Å². The molecule has 2 fully saturated rings. The van der Waals surface area contributed by atoms with E-state index in [0.29, 0.717) is 32.7 Å². The lowest BCUT2D eigenvalue weighted by Gasteiger charge is -2.54. The average molecular weight is 540 g/mol. The van der Waals surface area contributed by atoms with Crippen LogP contribution in [-0.2, 0) is 6.54 Å². The van der Waals surface area contributed by atoms with E-state index in [1.165, 1.54) is 12.1 Å². The van der Waals surface area contributed by atoms with Gasteiger partial charge in [-0.2, -0.15) is 0 Å². The number of nitrogens with zero attached hydrogens (tertiary/aromatic N) is 4. The van der Waals surface area contributed by atoms with Crippen molar-refractivity contribution in [2.45, 2.75) is 58.7 Å². The van der Waals surface area contributed by atoms with Gasteiger partial charge in [-0.3, -0.25) is 14.7 Å². The summed E-state index contributed by atoms with van der Waals surface area (Å²) in [5, 5.41) is 13.1. The van der Waals surface area contributed by atoms with E-state index in [1.54, 1.807) is 22.9 Å². The van der Waals surface area contributed by atoms with Gasteiger partial charge >= 0.3 is 12.1 Å². The second-order valence-electron chi connectivity index (χ2n) is 12.1. The van der Waals surface area contributed by atoms with Crippen LogP contribution >= 0.6 is 0 Å². The lowest BCUT2D eigenvalue weighted by Crippen LogP contribution is -2.67. The van der Waals surface area contributed by atoms with E-state index in [4.69, 9.17) is 0 Å². The number of nitrogens with one attached hydrogen (secondary N) is 1. The zero-order valence-electron chi connectivity index (χ0n) is 23.8. The Bertz CT molecular complexity index is 1160. The molecule has 2 aliphatic rings. The summed E-state index contributed by atoms with van der Waals surface area (Å²) < 4.78 is 13.5. The summed E-state index contributed by atoms with van der Waals surface area (Å²) in [4.78, 5) is 32.6. The molecule has 0 radical (unpaired) electrons. The van der Waals surface area contributed by atoms with E-state index in [-0.39, 0.29) is 23.3 Å². The van der Waals surface area contributed by atoms with Crippen molar-refractivity contribution in [1.82, 2.24) is 14.7 Å². The highest BCUT2D eigenvalue weighted by Crippen LogP contribution is 2.38. The topological polar surface area (TPSA) is 79.4 Å². The number of anilines is 2. The predicted molar refractivity (Wildman–Crippen MR) is 153 cm³/mol. The summed E-state index contributed by atoms with van der Waals surface area (Å²) in [5.74, 6) is -0.260. The number of carbonyl (C=O) groups is 2. The smallest absolute Gasteiger partial charge is 0.407 e. The van der Waals surface area contributed by atoms with Gasteiger partial charge in [0.1, 0.15) is 5.82 Å². The van der Waals surface area contributed by atoms with Gasteiger partial charge in [0.05, 0.1) is 5.54 Å². The van der Waals surface area contributed by atoms with Crippen LogP contribution < -0.4 is 10.2 Å². The Balaban J connectivity index is 1.31. The summed E-state index contributed by atoms with van der Waals surface area (Å²) in [6.07, 6.45) is 0.742. The van der Waals surface area contributed by atoms with E-state index >= 15 is 0 Å². The van der Waals surface area contributed by atoms with Gasteiger partial charge in [0.25, 0.3) is 0 Å². The molecular weight excluding hydrogens is 497 g/mol. The van der Waals surface area contributed by atoms with E-state index in [2.05, 4.69) is 31.0 Å². The molecule has 4 rings (SSSR count). The largest absolute Gasteiger partial charge is 0.465 e. The van der Waals surface area contributed by atoms with Crippen LogP contribution in [0.25, 0.3) is 0 Å². The van der Waals surface area contributed by atoms with Gasteiger partial charge in [0.2, 0.25) is 0 Å². The molecule has 3 amide bonds. The van der Waals surface area contributed by atoms with Crippen molar-refractivity contribution in [3.8, 4) is 0 Å². The van der Waals surface area contributed by atoms with E-state index < -0.39 is 11.6 Å². The normalized spacial score (nSPS) is 21.1. The van der Waals surface area contributed by atoms with Crippen LogP contribution in [0.5, 0.6) is 0 Å². The molecule has 8 nitrogen and oxygen atoms in total. The molecule has 0 spiro atoms. The van der Waals surface area contributed by atoms with Crippen molar-refractivity contribution in [3.05, 3.63) is 59.9 Å². The first-order valence-corrected chi connectivity index (χ1v) is 13.7. The predicted octanol–water partition coefficient (Wildman–Crippen LogP) is 5.56. The molecule has 2 saturated heterocycles. The lowest BCUT2D eigenvalue weighted by atomic mass is 9.72. The molecular formula is C30H42FN5O3. The van der Waals surface area contributed by atoms with Gasteiger partial charge < -0.3 is 15.3 Å². The van der Waals surface area contributed by atoms with Crippen molar-refractivity contribution in [2.24, 2.45) is 5.41 Å². The number of likely N-dealkylation sites (tertiary alicyclic amines) is 1. The minimum absolute atomic E-state index is 0.0299. The van der Waals surface area contributed by atoms with Crippen LogP contribution in [0, 0.1) is 11.2 Å². The van der Waals surface area contributed by atoms with Gasteiger partial charge in [-0.15, -0.1) is 0 Å². The first kappa shape index (κ1) is 28.7. The van der Waals surface area contributed by atoms with Crippen LogP contribution in [0.4, 0.5) is 25.4 Å². The van der Waals surface area contributed by atoms with Crippen molar-refractivity contribution < 1.29 is 19.1 Å². The molecule has 0 unspecified atom stereocenters. The van der Waals surface area contributed by atoms with E-state index in [1.807, 2.05) is 42.2 Å². The summed E-state index contributed by atoms with van der Waals surface area (Å²) in [5.41, 5.74) is 2.02. The number of halogens is 1. The first-order valence-electron chi connectivity index (χ1n) is 13.7. The number of urea groups is 1. The van der Waals surface area contributed by atoms with Gasteiger partial charge in [-0.1, -0.05) is 39.0 Å². The van der Waals surface area contributed by atoms with Crippen LogP contribution in [0.15, 0.2) is 48.5 Å². The number of amides is 3. The van der Waals surface area contributed by atoms with Crippen molar-refractivity contribution in [2.75, 3.05) is 50.0 Å². The van der Waals surface area contributed by atoms with Crippen LogP contribution in [0.2, 0.25) is 0 Å². The SMILES string of the molecule is CN(C(=O)N1CCC(Nc2cccc(F)c2)CC1)c1ccc(CN2CCN(C(=O)O)[C@@](C)(C(C)(C)C)C2)cc1. The van der Waals surface area contributed by atoms with Crippen molar-refractivity contribution >= 4 is 23.5 Å². The molecule has 2 N–H and O–H groups in total. The second kappa shape index (κ2) is 11.4. The number of benzene rings is 2. The molecule has 0 bridgehead atoms. The Hall–Kier alpha value is -3.33. The van der Waals surface area contributed by atoms with Crippen molar-refractivity contribution in [3.63, 3.8) is 0 Å². The maximum absolute atomic E-state index is 13.5. The van der Waals surface area contributed by atoms with Gasteiger partial charge in [0.15, 0.2) is 0 Å². The minimum Gasteiger partial charge on any atom is -0.465 e. The summed E-state index contributed by atoms with van der Waals surface area (Å²) in [6.45, 7) is 12.2. The Labute approximate surface area is 231 Å². The Morgan fingerprint density at radius 2 is 1.74 bits per heavy atom. The number of carboxylic acid groups (broad SMARTS) is 1. The monoisotopic (exact) mass is 539 g/mol. The molecule has 212 valence electrons. The highest BCUT2D eigenvalue weighted by molar-refractivity contribution is 5.91. The fourth-order valence-electron chi connectivity index (χ4n) is 5.61. The standard InChI is InChI=1S/C30H42FN5O3/c1-29(2,3)30(4)21-34(17-18-36(30)28(38)39)20-22-9-11-26(12-10-22)33(5)27(37)35-15-13-24(14-16-35)32-25-8-6-7-23(31)19-25/h6-12,19,24,32H,13-18,20-21H2,1-5H3,(H,38,39)/t30-/m1/s1. The zero-order valence-corrected chi connectivity index (χ0v) is 23.8. The Morgan fingerprint density at radius 3 is 2.33 bits per heavy atom. The van der Waals surface area contributed by atoms with E-state index in [9.17, 15) is 19.1 Å². The second-order valence-corrected chi connectivity index (χ2v) is 12.1. The third-order valence-electron chi connectivity index (χ3n) is 8.59. The fraction of sp³-hybridized carbons (Fsp3) is 0.533. The Kier molecular flexibility index (Phi) is 8.39. The van der Waals surface area contributed by atoms with Crippen LogP contribution in [-0.4, -0.2) is 83.3 Å². The van der Waals surface area contributed by atoms with Gasteiger partial charge in [0, 0.05) is 63.7 Å². The van der Waals surface area contributed by atoms with Gasteiger partial charge in [-0.05, 0) is 61.1 Å². The average Bonchev–Trinajstić information content (AvgIpc) is 2.88. The molecule has 39 heavy (non-hydrogen) atoms. The lowest BCUT2D eigenvalue weighted by molar-refractivity contribution is -0.0462. The number of piperazine rings is 1. The first-order chi connectivity index (χ1) is 18.4. The third-order valence-corrected chi connectivity index (χ3v) is 8.59. The van der Waals surface area contributed by atoms with Crippen LogP contribution in [0.3, 0.4) is 0 Å². The molecule has 9 heteroatoms. The quantitative estimate of drug-likeness (QED) is 0.520. The fourth-order valence-corrected chi connectivity index (χ4v) is 5.61. The maximum Gasteiger partial charge on any atom is 0.407 e. The zero-order chi connectivity index (χ0) is 28.4. The van der Waals surface area contributed by atoms with Crippen LogP contribution in [0.1, 0.15) is 46.1 Å². The Morgan fingerprint density at radius 1 is 1.08 bits per heavy atom. The maximum atomic E-state index is 13.5. The summed E-state index contributed by atoms with van der Waals surface area (Å²) >= 11 is 0. The number of carbonyl (C=O) groups excluding carboxylic acids is 1. The molecule has 0 aromatic heterocycles. The molecule has 2 heterocycles. The molecule has 2 aliphatic heterocycles. The highest BCUT2D eigenvalue weighted by Gasteiger charge is 2.48. The number of hydrogen-bond acceptors (Lipinski definition) is 4. The van der Waals surface area contributed by atoms with Gasteiger partial charge in [-0.25, -0.2) is 14.0 Å². The molecule has 1 atom stereocenters. The molecule has 2 aromatic carbocycles. The third kappa shape index (κ3) is 6.46. The number of rotatable bonds is 5. The molecule has 2 aromatic rings. The van der Waals surface area contributed by atoms with Crippen molar-refractivity contribution in [1.29, 1.82) is 0 Å².